The smallest absolute Gasteiger partial charge is 0.359 e. The van der Waals surface area contributed by atoms with E-state index in [0.717, 1.165) is 5.56 Å². The summed E-state index contributed by atoms with van der Waals surface area (Å²) in [7, 11) is 1.52. The zero-order valence-electron chi connectivity index (χ0n) is 16.6. The molecule has 1 saturated heterocycles. The van der Waals surface area contributed by atoms with Gasteiger partial charge in [0.2, 0.25) is 0 Å². The topological polar surface area (TPSA) is 105 Å². The van der Waals surface area contributed by atoms with Gasteiger partial charge in [0.15, 0.2) is 0 Å². The van der Waals surface area contributed by atoms with Crippen LogP contribution in [0.5, 0.6) is 0 Å². The van der Waals surface area contributed by atoms with Crippen LogP contribution in [-0.2, 0) is 7.05 Å². The minimum Gasteiger partial charge on any atom is -0.394 e. The SMILES string of the molecule is Cn1c(=O)c([N+](=O)[O-])c(N2CCN(C(CO)c3ccccc3)CC2)c2ncccc21. The molecule has 3 heterocycles. The molecule has 156 valence electrons. The predicted molar refractivity (Wildman–Crippen MR) is 114 cm³/mol. The summed E-state index contributed by atoms with van der Waals surface area (Å²) in [5, 5.41) is 21.7. The van der Waals surface area contributed by atoms with Gasteiger partial charge in [-0.2, -0.15) is 0 Å². The Morgan fingerprint density at radius 3 is 2.47 bits per heavy atom. The van der Waals surface area contributed by atoms with Gasteiger partial charge in [0.1, 0.15) is 11.2 Å². The highest BCUT2D eigenvalue weighted by atomic mass is 16.6. The van der Waals surface area contributed by atoms with E-state index < -0.39 is 16.2 Å². The maximum atomic E-state index is 12.7. The molecule has 1 aromatic carbocycles. The zero-order chi connectivity index (χ0) is 21.3. The molecule has 0 amide bonds. The fourth-order valence-corrected chi connectivity index (χ4v) is 4.16. The van der Waals surface area contributed by atoms with Gasteiger partial charge in [-0.1, -0.05) is 30.3 Å². The Labute approximate surface area is 172 Å². The van der Waals surface area contributed by atoms with Gasteiger partial charge in [-0.25, -0.2) is 0 Å². The summed E-state index contributed by atoms with van der Waals surface area (Å²) in [6, 6.07) is 13.1. The van der Waals surface area contributed by atoms with E-state index in [0.29, 0.717) is 37.2 Å². The number of rotatable bonds is 5. The molecule has 0 bridgehead atoms. The van der Waals surface area contributed by atoms with Gasteiger partial charge in [0, 0.05) is 39.4 Å². The van der Waals surface area contributed by atoms with Crippen molar-refractivity contribution in [3.63, 3.8) is 0 Å². The Hall–Kier alpha value is -3.30. The summed E-state index contributed by atoms with van der Waals surface area (Å²) < 4.78 is 1.28. The highest BCUT2D eigenvalue weighted by Gasteiger charge is 2.32. The van der Waals surface area contributed by atoms with Crippen LogP contribution in [0.25, 0.3) is 11.0 Å². The molecule has 9 nitrogen and oxygen atoms in total. The third-order valence-electron chi connectivity index (χ3n) is 5.71. The fourth-order valence-electron chi connectivity index (χ4n) is 4.16. The number of aromatic nitrogens is 2. The molecule has 0 saturated carbocycles. The number of benzene rings is 1. The number of anilines is 1. The maximum absolute atomic E-state index is 12.7. The van der Waals surface area contributed by atoms with Crippen molar-refractivity contribution in [2.45, 2.75) is 6.04 Å². The van der Waals surface area contributed by atoms with E-state index in [1.807, 2.05) is 35.2 Å². The van der Waals surface area contributed by atoms with E-state index in [9.17, 15) is 20.0 Å². The van der Waals surface area contributed by atoms with Crippen molar-refractivity contribution in [1.29, 1.82) is 0 Å². The Balaban J connectivity index is 1.68. The Bertz CT molecular complexity index is 1120. The molecule has 0 spiro atoms. The van der Waals surface area contributed by atoms with Gasteiger partial charge in [0.25, 0.3) is 0 Å². The lowest BCUT2D eigenvalue weighted by atomic mass is 10.0. The monoisotopic (exact) mass is 409 g/mol. The number of piperazine rings is 1. The van der Waals surface area contributed by atoms with Crippen LogP contribution in [-0.4, -0.2) is 57.3 Å². The van der Waals surface area contributed by atoms with Crippen molar-refractivity contribution in [2.75, 3.05) is 37.7 Å². The molecule has 1 unspecified atom stereocenters. The molecule has 1 N–H and O–H groups in total. The van der Waals surface area contributed by atoms with E-state index >= 15 is 0 Å². The number of hydrogen-bond donors (Lipinski definition) is 1. The van der Waals surface area contributed by atoms with Crippen molar-refractivity contribution >= 4 is 22.4 Å². The molecule has 1 fully saturated rings. The lowest BCUT2D eigenvalue weighted by Gasteiger charge is -2.39. The number of pyridine rings is 2. The number of nitro groups is 1. The summed E-state index contributed by atoms with van der Waals surface area (Å²) in [5.41, 5.74) is 1.22. The number of aryl methyl sites for hydroxylation is 1. The van der Waals surface area contributed by atoms with Crippen molar-refractivity contribution in [1.82, 2.24) is 14.5 Å². The molecular formula is C21H23N5O4. The van der Waals surface area contributed by atoms with Gasteiger partial charge in [0.05, 0.1) is 23.1 Å². The van der Waals surface area contributed by atoms with Gasteiger partial charge in [-0.3, -0.25) is 24.8 Å². The first-order valence-corrected chi connectivity index (χ1v) is 9.80. The highest BCUT2D eigenvalue weighted by molar-refractivity contribution is 5.93. The standard InChI is InChI=1S/C21H23N5O4/c1-23-16-8-5-9-22-18(16)19(20(21(23)28)26(29)30)25-12-10-24(11-13-25)17(14-27)15-6-3-2-4-7-15/h2-9,17,27H,10-14H2,1H3. The summed E-state index contributed by atoms with van der Waals surface area (Å²) >= 11 is 0. The first-order valence-electron chi connectivity index (χ1n) is 9.80. The summed E-state index contributed by atoms with van der Waals surface area (Å²) in [5.74, 6) is 0. The second-order valence-electron chi connectivity index (χ2n) is 7.32. The molecule has 1 aliphatic rings. The number of nitrogens with zero attached hydrogens (tertiary/aromatic N) is 5. The van der Waals surface area contributed by atoms with Crippen LogP contribution in [0.2, 0.25) is 0 Å². The van der Waals surface area contributed by atoms with Crippen molar-refractivity contribution in [3.8, 4) is 0 Å². The molecule has 4 rings (SSSR count). The van der Waals surface area contributed by atoms with Crippen LogP contribution in [0, 0.1) is 10.1 Å². The predicted octanol–water partition coefficient (Wildman–Crippen LogP) is 1.70. The molecule has 30 heavy (non-hydrogen) atoms. The van der Waals surface area contributed by atoms with Crippen LogP contribution in [0.15, 0.2) is 53.5 Å². The third-order valence-corrected chi connectivity index (χ3v) is 5.71. The maximum Gasteiger partial charge on any atom is 0.359 e. The van der Waals surface area contributed by atoms with Gasteiger partial charge in [-0.15, -0.1) is 0 Å². The van der Waals surface area contributed by atoms with Crippen LogP contribution in [0.4, 0.5) is 11.4 Å². The van der Waals surface area contributed by atoms with Crippen LogP contribution >= 0.6 is 0 Å². The third kappa shape index (κ3) is 3.42. The summed E-state index contributed by atoms with van der Waals surface area (Å²) in [4.78, 5) is 32.3. The second-order valence-corrected chi connectivity index (χ2v) is 7.32. The van der Waals surface area contributed by atoms with Crippen LogP contribution in [0.3, 0.4) is 0 Å². The molecule has 1 atom stereocenters. The van der Waals surface area contributed by atoms with Crippen molar-refractivity contribution < 1.29 is 10.0 Å². The van der Waals surface area contributed by atoms with Crippen molar-refractivity contribution in [3.05, 3.63) is 74.7 Å². The van der Waals surface area contributed by atoms with E-state index in [1.165, 1.54) is 11.6 Å². The van der Waals surface area contributed by atoms with E-state index in [2.05, 4.69) is 9.88 Å². The first-order chi connectivity index (χ1) is 14.5. The Morgan fingerprint density at radius 2 is 1.83 bits per heavy atom. The summed E-state index contributed by atoms with van der Waals surface area (Å²) in [6.45, 7) is 2.16. The molecular weight excluding hydrogens is 386 g/mol. The summed E-state index contributed by atoms with van der Waals surface area (Å²) in [6.07, 6.45) is 1.58. The van der Waals surface area contributed by atoms with Gasteiger partial charge < -0.3 is 14.6 Å². The van der Waals surface area contributed by atoms with Crippen LogP contribution in [0.1, 0.15) is 11.6 Å². The quantitative estimate of drug-likeness (QED) is 0.505. The Kier molecular flexibility index (Phi) is 5.47. The minimum atomic E-state index is -0.643. The first kappa shape index (κ1) is 20.0. The van der Waals surface area contributed by atoms with E-state index in [1.54, 1.807) is 18.3 Å². The molecule has 1 aliphatic heterocycles. The van der Waals surface area contributed by atoms with E-state index in [-0.39, 0.29) is 18.3 Å². The molecule has 0 aliphatic carbocycles. The largest absolute Gasteiger partial charge is 0.394 e. The lowest BCUT2D eigenvalue weighted by molar-refractivity contribution is -0.385. The Morgan fingerprint density at radius 1 is 1.13 bits per heavy atom. The van der Waals surface area contributed by atoms with Crippen molar-refractivity contribution in [2.24, 2.45) is 7.05 Å². The van der Waals surface area contributed by atoms with Crippen LogP contribution < -0.4 is 10.5 Å². The number of fused-ring (bicyclic) bond motifs is 1. The van der Waals surface area contributed by atoms with E-state index in [4.69, 9.17) is 0 Å². The van der Waals surface area contributed by atoms with Gasteiger partial charge >= 0.3 is 11.2 Å². The normalized spacial score (nSPS) is 16.0. The number of aliphatic hydroxyl groups excluding tert-OH is 1. The number of hydrogen-bond acceptors (Lipinski definition) is 7. The minimum absolute atomic E-state index is 0.0134. The molecule has 2 aromatic heterocycles. The molecule has 9 heteroatoms. The zero-order valence-corrected chi connectivity index (χ0v) is 16.6. The average Bonchev–Trinajstić information content (AvgIpc) is 2.78. The molecule has 3 aromatic rings. The van der Waals surface area contributed by atoms with Gasteiger partial charge in [-0.05, 0) is 17.7 Å². The molecule has 0 radical (unpaired) electrons. The second kappa shape index (κ2) is 8.21. The fraction of sp³-hybridized carbons (Fsp3) is 0.333. The number of aliphatic hydroxyl groups is 1. The lowest BCUT2D eigenvalue weighted by Crippen LogP contribution is -2.49. The highest BCUT2D eigenvalue weighted by Crippen LogP contribution is 2.33. The average molecular weight is 409 g/mol.